The summed E-state index contributed by atoms with van der Waals surface area (Å²) in [4.78, 5) is 20.0. The van der Waals surface area contributed by atoms with Gasteiger partial charge in [-0.1, -0.05) is 91.0 Å². The number of hydrogen-bond acceptors (Lipinski definition) is 6. The van der Waals surface area contributed by atoms with Gasteiger partial charge < -0.3 is 0 Å². The molecule has 39 heavy (non-hydrogen) atoms. The van der Waals surface area contributed by atoms with Gasteiger partial charge in [-0.15, -0.1) is 0 Å². The van der Waals surface area contributed by atoms with E-state index in [4.69, 9.17) is 19.3 Å². The summed E-state index contributed by atoms with van der Waals surface area (Å²) < 4.78 is 19.5. The molecule has 1 atom stereocenters. The quantitative estimate of drug-likeness (QED) is 0.239. The lowest BCUT2D eigenvalue weighted by atomic mass is 10.1. The second kappa shape index (κ2) is 9.38. The van der Waals surface area contributed by atoms with Crippen molar-refractivity contribution in [3.8, 4) is 45.3 Å². The van der Waals surface area contributed by atoms with E-state index in [1.165, 1.54) is 0 Å². The van der Waals surface area contributed by atoms with Crippen molar-refractivity contribution in [2.75, 3.05) is 0 Å². The molecule has 2 aromatic heterocycles. The van der Waals surface area contributed by atoms with Crippen LogP contribution in [0, 0.1) is 0 Å². The first-order chi connectivity index (χ1) is 19.2. The highest BCUT2D eigenvalue weighted by molar-refractivity contribution is 7.94. The molecular weight excluding hydrogens is 502 g/mol. The minimum absolute atomic E-state index is 0.501. The number of hydrogen-bond donors (Lipinski definition) is 0. The van der Waals surface area contributed by atoms with Gasteiger partial charge in [0.25, 0.3) is 0 Å². The van der Waals surface area contributed by atoms with Crippen molar-refractivity contribution in [2.45, 2.75) is 9.79 Å². The molecule has 0 amide bonds. The van der Waals surface area contributed by atoms with E-state index in [0.29, 0.717) is 33.0 Å². The second-order valence-corrected chi connectivity index (χ2v) is 11.2. The zero-order valence-corrected chi connectivity index (χ0v) is 21.5. The lowest BCUT2D eigenvalue weighted by molar-refractivity contribution is 0.676. The molecule has 0 spiro atoms. The van der Waals surface area contributed by atoms with Crippen LogP contribution in [0.5, 0.6) is 0 Å². The Balaban J connectivity index is 1.42. The van der Waals surface area contributed by atoms with Crippen molar-refractivity contribution in [3.05, 3.63) is 128 Å². The lowest BCUT2D eigenvalue weighted by Crippen LogP contribution is -2.08. The van der Waals surface area contributed by atoms with E-state index in [1.807, 2.05) is 109 Å². The van der Waals surface area contributed by atoms with Crippen LogP contribution in [-0.2, 0) is 9.73 Å². The Bertz CT molecular complexity index is 1910. The Morgan fingerprint density at radius 3 is 1.82 bits per heavy atom. The van der Waals surface area contributed by atoms with Gasteiger partial charge in [0.2, 0.25) is 0 Å². The SMILES string of the molecule is O=S1(c2cccc(-c3nc(-c4ccccc4)nc(-c4ccccc4)n3)c2)=Nc2ccncc2-c2ccccc21. The minimum Gasteiger partial charge on any atom is -0.264 e. The van der Waals surface area contributed by atoms with E-state index in [-0.39, 0.29) is 0 Å². The molecule has 0 N–H and O–H groups in total. The van der Waals surface area contributed by atoms with Crippen LogP contribution < -0.4 is 0 Å². The highest BCUT2D eigenvalue weighted by Gasteiger charge is 2.27. The molecule has 0 fully saturated rings. The Morgan fingerprint density at radius 2 is 1.13 bits per heavy atom. The molecule has 6 aromatic rings. The summed E-state index contributed by atoms with van der Waals surface area (Å²) in [7, 11) is -2.97. The van der Waals surface area contributed by atoms with Gasteiger partial charge in [-0.2, -0.15) is 4.36 Å². The zero-order chi connectivity index (χ0) is 26.2. The molecule has 0 saturated heterocycles. The van der Waals surface area contributed by atoms with Crippen molar-refractivity contribution < 1.29 is 4.21 Å². The Morgan fingerprint density at radius 1 is 0.538 bits per heavy atom. The summed E-state index contributed by atoms with van der Waals surface area (Å²) in [5.41, 5.74) is 4.94. The third-order valence-corrected chi connectivity index (χ3v) is 8.91. The second-order valence-electron chi connectivity index (χ2n) is 9.07. The topological polar surface area (TPSA) is 81.0 Å². The van der Waals surface area contributed by atoms with Crippen LogP contribution in [0.4, 0.5) is 5.69 Å². The lowest BCUT2D eigenvalue weighted by Gasteiger charge is -2.21. The van der Waals surface area contributed by atoms with Gasteiger partial charge in [0.15, 0.2) is 17.5 Å². The first-order valence-electron chi connectivity index (χ1n) is 12.5. The molecule has 3 heterocycles. The Hall–Kier alpha value is -5.01. The number of aromatic nitrogens is 4. The van der Waals surface area contributed by atoms with E-state index in [2.05, 4.69) is 4.98 Å². The molecule has 1 unspecified atom stereocenters. The molecule has 0 bridgehead atoms. The normalized spacial score (nSPS) is 15.6. The van der Waals surface area contributed by atoms with E-state index in [9.17, 15) is 4.21 Å². The number of nitrogens with zero attached hydrogens (tertiary/aromatic N) is 5. The molecule has 186 valence electrons. The molecule has 7 heteroatoms. The first kappa shape index (κ1) is 23.1. The average Bonchev–Trinajstić information content (AvgIpc) is 3.02. The Labute approximate surface area is 226 Å². The van der Waals surface area contributed by atoms with E-state index < -0.39 is 9.73 Å². The van der Waals surface area contributed by atoms with E-state index in [1.54, 1.807) is 18.5 Å². The third kappa shape index (κ3) is 4.09. The third-order valence-electron chi connectivity index (χ3n) is 6.61. The predicted octanol–water partition coefficient (Wildman–Crippen LogP) is 7.47. The summed E-state index contributed by atoms with van der Waals surface area (Å²) in [6.45, 7) is 0. The first-order valence-corrected chi connectivity index (χ1v) is 14.0. The van der Waals surface area contributed by atoms with Crippen LogP contribution in [0.25, 0.3) is 45.3 Å². The molecule has 0 radical (unpaired) electrons. The summed E-state index contributed by atoms with van der Waals surface area (Å²) in [6.07, 6.45) is 3.45. The van der Waals surface area contributed by atoms with Crippen molar-refractivity contribution in [3.63, 3.8) is 0 Å². The van der Waals surface area contributed by atoms with Gasteiger partial charge in [-0.05, 0) is 24.3 Å². The van der Waals surface area contributed by atoms with Crippen LogP contribution in [0.1, 0.15) is 0 Å². The molecule has 7 rings (SSSR count). The highest BCUT2D eigenvalue weighted by Crippen LogP contribution is 2.43. The average molecular weight is 524 g/mol. The largest absolute Gasteiger partial charge is 0.264 e. The van der Waals surface area contributed by atoms with Crippen LogP contribution >= 0.6 is 0 Å². The smallest absolute Gasteiger partial charge is 0.164 e. The number of rotatable bonds is 4. The van der Waals surface area contributed by atoms with Gasteiger partial charge in [-0.3, -0.25) is 4.98 Å². The number of benzene rings is 4. The van der Waals surface area contributed by atoms with Gasteiger partial charge in [0.05, 0.1) is 15.5 Å². The molecule has 6 nitrogen and oxygen atoms in total. The summed E-state index contributed by atoms with van der Waals surface area (Å²) in [5, 5.41) is 0. The highest BCUT2D eigenvalue weighted by atomic mass is 32.2. The summed E-state index contributed by atoms with van der Waals surface area (Å²) >= 11 is 0. The molecule has 1 aliphatic heterocycles. The Kier molecular flexibility index (Phi) is 5.56. The minimum atomic E-state index is -2.97. The van der Waals surface area contributed by atoms with Gasteiger partial charge in [-0.25, -0.2) is 19.2 Å². The maximum Gasteiger partial charge on any atom is 0.164 e. The van der Waals surface area contributed by atoms with Crippen molar-refractivity contribution in [1.29, 1.82) is 0 Å². The van der Waals surface area contributed by atoms with Crippen LogP contribution in [0.15, 0.2) is 142 Å². The van der Waals surface area contributed by atoms with Crippen molar-refractivity contribution in [1.82, 2.24) is 19.9 Å². The van der Waals surface area contributed by atoms with Crippen LogP contribution in [0.2, 0.25) is 0 Å². The van der Waals surface area contributed by atoms with Crippen molar-refractivity contribution in [2.24, 2.45) is 4.36 Å². The zero-order valence-electron chi connectivity index (χ0n) is 20.7. The maximum absolute atomic E-state index is 14.7. The fraction of sp³-hybridized carbons (Fsp3) is 0. The van der Waals surface area contributed by atoms with Crippen molar-refractivity contribution >= 4 is 15.4 Å². The fourth-order valence-electron chi connectivity index (χ4n) is 4.72. The maximum atomic E-state index is 14.7. The number of pyridine rings is 1. The molecule has 1 aliphatic rings. The summed E-state index contributed by atoms with van der Waals surface area (Å²) in [6, 6.07) is 36.7. The monoisotopic (exact) mass is 523 g/mol. The summed E-state index contributed by atoms with van der Waals surface area (Å²) in [5.74, 6) is 1.65. The van der Waals surface area contributed by atoms with Crippen LogP contribution in [0.3, 0.4) is 0 Å². The molecular formula is C32H21N5OS. The van der Waals surface area contributed by atoms with E-state index >= 15 is 0 Å². The molecule has 4 aromatic carbocycles. The predicted molar refractivity (Wildman–Crippen MR) is 153 cm³/mol. The standard InChI is InChI=1S/C32H21N5OS/c38-39(29-17-8-7-16-26(29)27-21-33-19-18-28(27)37-39)25-15-9-14-24(20-25)32-35-30(22-10-3-1-4-11-22)34-31(36-32)23-12-5-2-6-13-23/h1-21H. The molecule has 0 aliphatic carbocycles. The van der Waals surface area contributed by atoms with E-state index in [0.717, 1.165) is 27.8 Å². The van der Waals surface area contributed by atoms with Crippen LogP contribution in [-0.4, -0.2) is 24.1 Å². The number of fused-ring (bicyclic) bond motifs is 3. The molecule has 0 saturated carbocycles. The van der Waals surface area contributed by atoms with Gasteiger partial charge in [0, 0.05) is 40.2 Å². The van der Waals surface area contributed by atoms with Gasteiger partial charge >= 0.3 is 0 Å². The fourth-order valence-corrected chi connectivity index (χ4v) is 6.90. The van der Waals surface area contributed by atoms with Gasteiger partial charge in [0.1, 0.15) is 9.73 Å².